The molecule has 1 fully saturated rings. The summed E-state index contributed by atoms with van der Waals surface area (Å²) >= 11 is 6.93. The zero-order valence-corrected chi connectivity index (χ0v) is 14.1. The van der Waals surface area contributed by atoms with Gasteiger partial charge in [0.05, 0.1) is 11.5 Å². The second kappa shape index (κ2) is 5.51. The summed E-state index contributed by atoms with van der Waals surface area (Å²) in [7, 11) is -0.866. The van der Waals surface area contributed by atoms with E-state index in [4.69, 9.17) is 0 Å². The third-order valence-electron chi connectivity index (χ3n) is 3.32. The largest absolute Gasteiger partial charge is 0.370 e. The van der Waals surface area contributed by atoms with Gasteiger partial charge in [0.25, 0.3) is 0 Å². The van der Waals surface area contributed by atoms with Crippen LogP contribution in [-0.2, 0) is 15.2 Å². The van der Waals surface area contributed by atoms with Crippen LogP contribution < -0.4 is 4.90 Å². The quantitative estimate of drug-likeness (QED) is 0.737. The first-order valence-corrected chi connectivity index (χ1v) is 9.44. The van der Waals surface area contributed by atoms with Crippen molar-refractivity contribution in [2.45, 2.75) is 17.8 Å². The Hall–Kier alpha value is -0.0700. The van der Waals surface area contributed by atoms with E-state index >= 15 is 0 Å². The molecule has 3 nitrogen and oxygen atoms in total. The van der Waals surface area contributed by atoms with Gasteiger partial charge in [0.2, 0.25) is 0 Å². The SMILES string of the molecule is CN(c1ccc(Br)cc1CBr)C1CCS(=O)(=O)C1. The first kappa shape index (κ1) is 14.3. The molecule has 0 bridgehead atoms. The van der Waals surface area contributed by atoms with Crippen molar-refractivity contribution < 1.29 is 8.42 Å². The van der Waals surface area contributed by atoms with Crippen LogP contribution in [0.3, 0.4) is 0 Å². The summed E-state index contributed by atoms with van der Waals surface area (Å²) in [5, 5.41) is 0.756. The summed E-state index contributed by atoms with van der Waals surface area (Å²) in [6.07, 6.45) is 0.719. The zero-order chi connectivity index (χ0) is 13.3. The standard InChI is InChI=1S/C12H15Br2NO2S/c1-15(11-4-5-18(16,17)8-11)12-3-2-10(14)6-9(12)7-13/h2-3,6,11H,4-5,7-8H2,1H3. The molecule has 18 heavy (non-hydrogen) atoms. The molecule has 0 radical (unpaired) electrons. The van der Waals surface area contributed by atoms with Gasteiger partial charge >= 0.3 is 0 Å². The molecule has 6 heteroatoms. The molecule has 0 spiro atoms. The Bertz CT molecular complexity index is 545. The highest BCUT2D eigenvalue weighted by atomic mass is 79.9. The van der Waals surface area contributed by atoms with Crippen molar-refractivity contribution in [1.29, 1.82) is 0 Å². The maximum atomic E-state index is 11.5. The molecular weight excluding hydrogens is 382 g/mol. The molecule has 0 saturated carbocycles. The summed E-state index contributed by atoms with van der Waals surface area (Å²) in [6.45, 7) is 0. The molecule has 2 rings (SSSR count). The van der Waals surface area contributed by atoms with Gasteiger partial charge in [-0.1, -0.05) is 31.9 Å². The second-order valence-electron chi connectivity index (χ2n) is 4.57. The zero-order valence-electron chi connectivity index (χ0n) is 10.1. The Balaban J connectivity index is 2.26. The predicted octanol–water partition coefficient (Wildman–Crippen LogP) is 2.97. The summed E-state index contributed by atoms with van der Waals surface area (Å²) < 4.78 is 24.1. The lowest BCUT2D eigenvalue weighted by molar-refractivity contribution is 0.601. The Morgan fingerprint density at radius 3 is 2.72 bits per heavy atom. The maximum Gasteiger partial charge on any atom is 0.152 e. The summed E-state index contributed by atoms with van der Waals surface area (Å²) in [6, 6.07) is 6.17. The van der Waals surface area contributed by atoms with Gasteiger partial charge in [-0.2, -0.15) is 0 Å². The molecule has 1 saturated heterocycles. The lowest BCUT2D eigenvalue weighted by Crippen LogP contribution is -2.33. The third-order valence-corrected chi connectivity index (χ3v) is 6.17. The summed E-state index contributed by atoms with van der Waals surface area (Å²) in [5.74, 6) is 0.573. The number of rotatable bonds is 3. The highest BCUT2D eigenvalue weighted by Crippen LogP contribution is 2.29. The Kier molecular flexibility index (Phi) is 4.39. The summed E-state index contributed by atoms with van der Waals surface area (Å²) in [4.78, 5) is 2.09. The van der Waals surface area contributed by atoms with Crippen molar-refractivity contribution in [2.24, 2.45) is 0 Å². The maximum absolute atomic E-state index is 11.5. The van der Waals surface area contributed by atoms with Crippen LogP contribution in [0.15, 0.2) is 22.7 Å². The molecule has 0 aromatic heterocycles. The fourth-order valence-corrected chi connectivity index (χ4v) is 4.91. The van der Waals surface area contributed by atoms with Gasteiger partial charge in [0.15, 0.2) is 9.84 Å². The van der Waals surface area contributed by atoms with E-state index in [9.17, 15) is 8.42 Å². The van der Waals surface area contributed by atoms with Crippen molar-refractivity contribution in [2.75, 3.05) is 23.5 Å². The van der Waals surface area contributed by atoms with Crippen LogP contribution in [0.4, 0.5) is 5.69 Å². The fourth-order valence-electron chi connectivity index (χ4n) is 2.28. The molecule has 0 amide bonds. The van der Waals surface area contributed by atoms with Gasteiger partial charge in [-0.25, -0.2) is 8.42 Å². The number of sulfone groups is 1. The van der Waals surface area contributed by atoms with Crippen molar-refractivity contribution in [3.05, 3.63) is 28.2 Å². The minimum Gasteiger partial charge on any atom is -0.370 e. The molecule has 1 unspecified atom stereocenters. The monoisotopic (exact) mass is 395 g/mol. The van der Waals surface area contributed by atoms with Crippen LogP contribution in [-0.4, -0.2) is 33.0 Å². The number of halogens is 2. The van der Waals surface area contributed by atoms with E-state index in [-0.39, 0.29) is 11.8 Å². The topological polar surface area (TPSA) is 37.4 Å². The number of hydrogen-bond acceptors (Lipinski definition) is 3. The van der Waals surface area contributed by atoms with Crippen LogP contribution in [0.1, 0.15) is 12.0 Å². The average molecular weight is 397 g/mol. The van der Waals surface area contributed by atoms with Crippen molar-refractivity contribution in [3.63, 3.8) is 0 Å². The molecule has 1 aromatic carbocycles. The van der Waals surface area contributed by atoms with E-state index in [1.54, 1.807) is 0 Å². The highest BCUT2D eigenvalue weighted by Gasteiger charge is 2.31. The third kappa shape index (κ3) is 3.08. The van der Waals surface area contributed by atoms with Crippen LogP contribution in [0.2, 0.25) is 0 Å². The van der Waals surface area contributed by atoms with Crippen LogP contribution >= 0.6 is 31.9 Å². The molecule has 1 aliphatic rings. The number of benzene rings is 1. The molecule has 1 aliphatic heterocycles. The van der Waals surface area contributed by atoms with Gasteiger partial charge in [-0.05, 0) is 30.2 Å². The lowest BCUT2D eigenvalue weighted by atomic mass is 10.1. The lowest BCUT2D eigenvalue weighted by Gasteiger charge is -2.27. The molecular formula is C12H15Br2NO2S. The predicted molar refractivity (Wildman–Crippen MR) is 82.2 cm³/mol. The minimum absolute atomic E-state index is 0.0916. The van der Waals surface area contributed by atoms with Crippen molar-refractivity contribution >= 4 is 47.4 Å². The molecule has 0 N–H and O–H groups in total. The van der Waals surface area contributed by atoms with Crippen molar-refractivity contribution in [3.8, 4) is 0 Å². The molecule has 0 aliphatic carbocycles. The molecule has 100 valence electrons. The average Bonchev–Trinajstić information content (AvgIpc) is 2.68. The van der Waals surface area contributed by atoms with Crippen molar-refractivity contribution in [1.82, 2.24) is 0 Å². The van der Waals surface area contributed by atoms with Crippen LogP contribution in [0.25, 0.3) is 0 Å². The Labute approximate surface area is 125 Å². The van der Waals surface area contributed by atoms with E-state index in [0.717, 1.165) is 27.5 Å². The van der Waals surface area contributed by atoms with Gasteiger partial charge in [-0.15, -0.1) is 0 Å². The fraction of sp³-hybridized carbons (Fsp3) is 0.500. The van der Waals surface area contributed by atoms with Gasteiger partial charge in [0.1, 0.15) is 0 Å². The smallest absolute Gasteiger partial charge is 0.152 e. The van der Waals surface area contributed by atoms with E-state index in [1.165, 1.54) is 0 Å². The van der Waals surface area contributed by atoms with Crippen LogP contribution in [0.5, 0.6) is 0 Å². The molecule has 1 atom stereocenters. The second-order valence-corrected chi connectivity index (χ2v) is 8.28. The first-order chi connectivity index (χ1) is 8.43. The number of alkyl halides is 1. The summed E-state index contributed by atoms with van der Waals surface area (Å²) in [5.41, 5.74) is 2.26. The van der Waals surface area contributed by atoms with Crippen LogP contribution in [0, 0.1) is 0 Å². The minimum atomic E-state index is -2.84. The Morgan fingerprint density at radius 1 is 1.44 bits per heavy atom. The van der Waals surface area contributed by atoms with E-state index in [2.05, 4.69) is 42.8 Å². The van der Waals surface area contributed by atoms with E-state index in [0.29, 0.717) is 5.75 Å². The first-order valence-electron chi connectivity index (χ1n) is 5.70. The number of nitrogens with zero attached hydrogens (tertiary/aromatic N) is 1. The Morgan fingerprint density at radius 2 is 2.17 bits per heavy atom. The van der Waals surface area contributed by atoms with Gasteiger partial charge in [-0.3, -0.25) is 0 Å². The normalized spacial score (nSPS) is 22.1. The van der Waals surface area contributed by atoms with Gasteiger partial charge < -0.3 is 4.90 Å². The van der Waals surface area contributed by atoms with E-state index in [1.807, 2.05) is 19.2 Å². The number of hydrogen-bond donors (Lipinski definition) is 0. The number of anilines is 1. The van der Waals surface area contributed by atoms with Gasteiger partial charge in [0, 0.05) is 28.6 Å². The van der Waals surface area contributed by atoms with E-state index < -0.39 is 9.84 Å². The molecule has 1 heterocycles. The molecule has 1 aromatic rings. The highest BCUT2D eigenvalue weighted by molar-refractivity contribution is 9.10.